The van der Waals surface area contributed by atoms with Crippen LogP contribution in [0.2, 0.25) is 0 Å². The van der Waals surface area contributed by atoms with Gasteiger partial charge in [-0.3, -0.25) is 4.79 Å². The van der Waals surface area contributed by atoms with Gasteiger partial charge in [-0.25, -0.2) is 0 Å². The van der Waals surface area contributed by atoms with E-state index >= 15 is 0 Å². The van der Waals surface area contributed by atoms with Gasteiger partial charge in [0, 0.05) is 12.5 Å². The molecule has 3 N–H and O–H groups in total. The highest BCUT2D eigenvalue weighted by molar-refractivity contribution is 5.78. The van der Waals surface area contributed by atoms with Crippen LogP contribution in [0.3, 0.4) is 0 Å². The molecule has 3 nitrogen and oxygen atoms in total. The van der Waals surface area contributed by atoms with Crippen molar-refractivity contribution in [3.8, 4) is 0 Å². The van der Waals surface area contributed by atoms with Crippen LogP contribution in [-0.2, 0) is 4.79 Å². The van der Waals surface area contributed by atoms with Gasteiger partial charge in [-0.1, -0.05) is 20.8 Å². The third-order valence-electron chi connectivity index (χ3n) is 3.34. The van der Waals surface area contributed by atoms with Crippen molar-refractivity contribution in [1.82, 2.24) is 5.32 Å². The first-order valence-corrected chi connectivity index (χ1v) is 6.40. The maximum Gasteiger partial charge on any atom is 0.223 e. The summed E-state index contributed by atoms with van der Waals surface area (Å²) in [6.45, 7) is 7.95. The van der Waals surface area contributed by atoms with Crippen molar-refractivity contribution in [3.05, 3.63) is 0 Å². The zero-order chi connectivity index (χ0) is 12.2. The van der Waals surface area contributed by atoms with Crippen molar-refractivity contribution in [2.24, 2.45) is 23.0 Å². The van der Waals surface area contributed by atoms with Crippen LogP contribution in [0.25, 0.3) is 0 Å². The number of hydrogen-bond donors (Lipinski definition) is 2. The first-order chi connectivity index (χ1) is 7.42. The monoisotopic (exact) mass is 226 g/mol. The number of amides is 1. The van der Waals surface area contributed by atoms with Crippen LogP contribution in [0.4, 0.5) is 0 Å². The van der Waals surface area contributed by atoms with E-state index in [0.717, 1.165) is 38.8 Å². The Bertz CT molecular complexity index is 225. The molecule has 0 aromatic heterocycles. The van der Waals surface area contributed by atoms with Crippen molar-refractivity contribution in [2.75, 3.05) is 13.1 Å². The normalized spacial score (nSPS) is 26.5. The molecule has 3 heteroatoms. The lowest BCUT2D eigenvalue weighted by molar-refractivity contribution is -0.126. The number of carbonyl (C=O) groups is 1. The zero-order valence-corrected chi connectivity index (χ0v) is 10.9. The van der Waals surface area contributed by atoms with E-state index < -0.39 is 0 Å². The minimum atomic E-state index is 0.171. The number of rotatable bonds is 3. The Balaban J connectivity index is 2.28. The highest BCUT2D eigenvalue weighted by atomic mass is 16.1. The molecule has 0 atom stereocenters. The van der Waals surface area contributed by atoms with Crippen molar-refractivity contribution >= 4 is 5.91 Å². The van der Waals surface area contributed by atoms with Crippen LogP contribution in [0.1, 0.15) is 46.5 Å². The van der Waals surface area contributed by atoms with Gasteiger partial charge in [0.15, 0.2) is 0 Å². The van der Waals surface area contributed by atoms with E-state index in [2.05, 4.69) is 26.1 Å². The first-order valence-electron chi connectivity index (χ1n) is 6.40. The van der Waals surface area contributed by atoms with Crippen LogP contribution in [0.15, 0.2) is 0 Å². The molecular weight excluding hydrogens is 200 g/mol. The maximum absolute atomic E-state index is 11.9. The van der Waals surface area contributed by atoms with Crippen LogP contribution in [-0.4, -0.2) is 19.0 Å². The lowest BCUT2D eigenvalue weighted by Gasteiger charge is -2.28. The summed E-state index contributed by atoms with van der Waals surface area (Å²) in [5, 5.41) is 3.05. The van der Waals surface area contributed by atoms with Gasteiger partial charge in [-0.05, 0) is 43.6 Å². The Morgan fingerprint density at radius 3 is 2.25 bits per heavy atom. The Morgan fingerprint density at radius 2 is 1.81 bits per heavy atom. The Kier molecular flexibility index (Phi) is 4.78. The summed E-state index contributed by atoms with van der Waals surface area (Å²) in [4.78, 5) is 11.9. The van der Waals surface area contributed by atoms with E-state index in [-0.39, 0.29) is 17.2 Å². The standard InChI is InChI=1S/C13H26N2O/c1-13(2,3)9-15-12(16)11-6-4-10(8-14)5-7-11/h10-11H,4-9,14H2,1-3H3,(H,15,16). The molecule has 1 aliphatic rings. The molecule has 0 aromatic rings. The molecule has 1 fully saturated rings. The summed E-state index contributed by atoms with van der Waals surface area (Å²) in [6.07, 6.45) is 4.25. The van der Waals surface area contributed by atoms with Gasteiger partial charge in [-0.15, -0.1) is 0 Å². The second-order valence-corrected chi connectivity index (χ2v) is 6.23. The predicted molar refractivity (Wildman–Crippen MR) is 67.0 cm³/mol. The molecule has 0 heterocycles. The molecule has 0 saturated heterocycles. The van der Waals surface area contributed by atoms with E-state index in [1.54, 1.807) is 0 Å². The fourth-order valence-corrected chi connectivity index (χ4v) is 2.16. The molecule has 1 rings (SSSR count). The van der Waals surface area contributed by atoms with Crippen molar-refractivity contribution in [1.29, 1.82) is 0 Å². The Hall–Kier alpha value is -0.570. The van der Waals surface area contributed by atoms with Gasteiger partial charge in [0.25, 0.3) is 0 Å². The minimum Gasteiger partial charge on any atom is -0.355 e. The summed E-state index contributed by atoms with van der Waals surface area (Å²) >= 11 is 0. The topological polar surface area (TPSA) is 55.1 Å². The summed E-state index contributed by atoms with van der Waals surface area (Å²) in [6, 6.07) is 0. The second kappa shape index (κ2) is 5.67. The number of hydrogen-bond acceptors (Lipinski definition) is 2. The lowest BCUT2D eigenvalue weighted by Crippen LogP contribution is -2.38. The molecule has 0 unspecified atom stereocenters. The highest BCUT2D eigenvalue weighted by Gasteiger charge is 2.26. The SMILES string of the molecule is CC(C)(C)CNC(=O)C1CCC(CN)CC1. The molecule has 0 radical (unpaired) electrons. The largest absolute Gasteiger partial charge is 0.355 e. The van der Waals surface area contributed by atoms with E-state index in [1.807, 2.05) is 0 Å². The number of carbonyl (C=O) groups excluding carboxylic acids is 1. The first kappa shape index (κ1) is 13.5. The van der Waals surface area contributed by atoms with Gasteiger partial charge in [0.1, 0.15) is 0 Å². The van der Waals surface area contributed by atoms with Gasteiger partial charge < -0.3 is 11.1 Å². The number of nitrogens with two attached hydrogens (primary N) is 1. The Morgan fingerprint density at radius 1 is 1.25 bits per heavy atom. The maximum atomic E-state index is 11.9. The van der Waals surface area contributed by atoms with Crippen molar-refractivity contribution in [3.63, 3.8) is 0 Å². The van der Waals surface area contributed by atoms with Crippen LogP contribution < -0.4 is 11.1 Å². The molecule has 1 amide bonds. The molecule has 1 aliphatic carbocycles. The molecule has 0 spiro atoms. The second-order valence-electron chi connectivity index (χ2n) is 6.23. The lowest BCUT2D eigenvalue weighted by atomic mass is 9.81. The Labute approximate surface area is 99.2 Å². The highest BCUT2D eigenvalue weighted by Crippen LogP contribution is 2.28. The van der Waals surface area contributed by atoms with Gasteiger partial charge in [-0.2, -0.15) is 0 Å². The third kappa shape index (κ3) is 4.52. The van der Waals surface area contributed by atoms with Crippen LogP contribution in [0.5, 0.6) is 0 Å². The summed E-state index contributed by atoms with van der Waals surface area (Å²) in [5.74, 6) is 1.11. The van der Waals surface area contributed by atoms with E-state index in [9.17, 15) is 4.79 Å². The van der Waals surface area contributed by atoms with E-state index in [4.69, 9.17) is 5.73 Å². The molecule has 0 aliphatic heterocycles. The fourth-order valence-electron chi connectivity index (χ4n) is 2.16. The van der Waals surface area contributed by atoms with E-state index in [1.165, 1.54) is 0 Å². The van der Waals surface area contributed by atoms with E-state index in [0.29, 0.717) is 5.92 Å². The number of nitrogens with one attached hydrogen (secondary N) is 1. The van der Waals surface area contributed by atoms with Crippen LogP contribution in [0, 0.1) is 17.3 Å². The molecule has 0 aromatic carbocycles. The van der Waals surface area contributed by atoms with Crippen molar-refractivity contribution < 1.29 is 4.79 Å². The van der Waals surface area contributed by atoms with Crippen molar-refractivity contribution in [2.45, 2.75) is 46.5 Å². The van der Waals surface area contributed by atoms with Crippen LogP contribution >= 0.6 is 0 Å². The third-order valence-corrected chi connectivity index (χ3v) is 3.34. The van der Waals surface area contributed by atoms with Gasteiger partial charge in [0.05, 0.1) is 0 Å². The predicted octanol–water partition coefficient (Wildman–Crippen LogP) is 1.91. The summed E-state index contributed by atoms with van der Waals surface area (Å²) < 4.78 is 0. The van der Waals surface area contributed by atoms with Gasteiger partial charge in [0.2, 0.25) is 5.91 Å². The molecule has 16 heavy (non-hydrogen) atoms. The molecule has 1 saturated carbocycles. The molecule has 0 bridgehead atoms. The average molecular weight is 226 g/mol. The summed E-state index contributed by atoms with van der Waals surface area (Å²) in [5.41, 5.74) is 5.81. The smallest absolute Gasteiger partial charge is 0.223 e. The molecule has 94 valence electrons. The summed E-state index contributed by atoms with van der Waals surface area (Å²) in [7, 11) is 0. The molecular formula is C13H26N2O. The zero-order valence-electron chi connectivity index (χ0n) is 10.9. The average Bonchev–Trinajstić information content (AvgIpc) is 2.25. The quantitative estimate of drug-likeness (QED) is 0.772. The van der Waals surface area contributed by atoms with Gasteiger partial charge >= 0.3 is 0 Å². The minimum absolute atomic E-state index is 0.171. The fraction of sp³-hybridized carbons (Fsp3) is 0.923.